The van der Waals surface area contributed by atoms with E-state index in [9.17, 15) is 0 Å². The zero-order chi connectivity index (χ0) is 13.0. The van der Waals surface area contributed by atoms with Crippen LogP contribution in [0.3, 0.4) is 0 Å². The normalized spacial score (nSPS) is 11.5. The molecule has 0 unspecified atom stereocenters. The van der Waals surface area contributed by atoms with Crippen LogP contribution in [0.2, 0.25) is 0 Å². The van der Waals surface area contributed by atoms with Crippen LogP contribution in [-0.4, -0.2) is 9.97 Å². The Morgan fingerprint density at radius 2 is 1.50 bits per heavy atom. The van der Waals surface area contributed by atoms with Gasteiger partial charge in [0.2, 0.25) is 0 Å². The van der Waals surface area contributed by atoms with E-state index < -0.39 is 5.54 Å². The highest BCUT2D eigenvalue weighted by atomic mass is 15.0. The van der Waals surface area contributed by atoms with Crippen molar-refractivity contribution in [3.8, 4) is 11.1 Å². The lowest BCUT2D eigenvalue weighted by molar-refractivity contribution is 0.387. The van der Waals surface area contributed by atoms with Gasteiger partial charge in [0.05, 0.1) is 5.54 Å². The summed E-state index contributed by atoms with van der Waals surface area (Å²) in [5, 5.41) is 0. The van der Waals surface area contributed by atoms with Gasteiger partial charge in [-0.05, 0) is 18.4 Å². The van der Waals surface area contributed by atoms with Crippen molar-refractivity contribution in [2.24, 2.45) is 5.73 Å². The average Bonchev–Trinajstić information content (AvgIpc) is 2.47. The minimum Gasteiger partial charge on any atom is -0.319 e. The monoisotopic (exact) mass is 241 g/mol. The van der Waals surface area contributed by atoms with Gasteiger partial charge in [-0.2, -0.15) is 0 Å². The van der Waals surface area contributed by atoms with E-state index in [0.717, 1.165) is 29.8 Å². The second-order valence-corrected chi connectivity index (χ2v) is 4.52. The molecule has 3 nitrogen and oxygen atoms in total. The number of benzene rings is 1. The van der Waals surface area contributed by atoms with Crippen molar-refractivity contribution in [2.75, 3.05) is 0 Å². The summed E-state index contributed by atoms with van der Waals surface area (Å²) in [6, 6.07) is 10.1. The molecule has 2 N–H and O–H groups in total. The Morgan fingerprint density at radius 3 is 2.00 bits per heavy atom. The van der Waals surface area contributed by atoms with Gasteiger partial charge in [0.1, 0.15) is 5.82 Å². The molecule has 1 heterocycles. The number of nitrogens with two attached hydrogens (primary N) is 1. The van der Waals surface area contributed by atoms with Gasteiger partial charge in [-0.3, -0.25) is 0 Å². The first-order valence-corrected chi connectivity index (χ1v) is 6.36. The smallest absolute Gasteiger partial charge is 0.148 e. The van der Waals surface area contributed by atoms with Crippen LogP contribution >= 0.6 is 0 Å². The summed E-state index contributed by atoms with van der Waals surface area (Å²) < 4.78 is 0. The van der Waals surface area contributed by atoms with Gasteiger partial charge in [-0.1, -0.05) is 44.2 Å². The minimum absolute atomic E-state index is 0.408. The van der Waals surface area contributed by atoms with E-state index >= 15 is 0 Å². The van der Waals surface area contributed by atoms with Crippen LogP contribution < -0.4 is 5.73 Å². The van der Waals surface area contributed by atoms with Gasteiger partial charge in [-0.25, -0.2) is 9.97 Å². The third-order valence-electron chi connectivity index (χ3n) is 3.47. The fourth-order valence-corrected chi connectivity index (χ4v) is 1.93. The molecule has 0 aliphatic carbocycles. The van der Waals surface area contributed by atoms with Gasteiger partial charge in [0.25, 0.3) is 0 Å². The van der Waals surface area contributed by atoms with Gasteiger partial charge >= 0.3 is 0 Å². The molecule has 0 radical (unpaired) electrons. The molecule has 0 saturated carbocycles. The predicted molar refractivity (Wildman–Crippen MR) is 73.9 cm³/mol. The molecule has 1 aromatic carbocycles. The molecule has 18 heavy (non-hydrogen) atoms. The first kappa shape index (κ1) is 12.7. The maximum Gasteiger partial charge on any atom is 0.148 e. The zero-order valence-corrected chi connectivity index (χ0v) is 10.9. The van der Waals surface area contributed by atoms with Crippen LogP contribution in [0.15, 0.2) is 42.7 Å². The quantitative estimate of drug-likeness (QED) is 0.894. The maximum atomic E-state index is 6.28. The van der Waals surface area contributed by atoms with Crippen LogP contribution in [0.1, 0.15) is 32.5 Å². The second kappa shape index (κ2) is 5.27. The number of rotatable bonds is 4. The van der Waals surface area contributed by atoms with Crippen molar-refractivity contribution in [3.63, 3.8) is 0 Å². The van der Waals surface area contributed by atoms with Crippen LogP contribution in [0.25, 0.3) is 11.1 Å². The van der Waals surface area contributed by atoms with Gasteiger partial charge in [-0.15, -0.1) is 0 Å². The van der Waals surface area contributed by atoms with E-state index in [1.807, 2.05) is 42.7 Å². The summed E-state index contributed by atoms with van der Waals surface area (Å²) in [5.41, 5.74) is 8.02. The molecule has 0 fully saturated rings. The largest absolute Gasteiger partial charge is 0.319 e. The first-order chi connectivity index (χ1) is 8.69. The Kier molecular flexibility index (Phi) is 3.72. The van der Waals surface area contributed by atoms with Crippen molar-refractivity contribution < 1.29 is 0 Å². The Balaban J connectivity index is 2.31. The first-order valence-electron chi connectivity index (χ1n) is 6.36. The topological polar surface area (TPSA) is 51.8 Å². The van der Waals surface area contributed by atoms with Crippen LogP contribution in [-0.2, 0) is 5.54 Å². The van der Waals surface area contributed by atoms with Crippen molar-refractivity contribution in [2.45, 2.75) is 32.2 Å². The molecule has 94 valence electrons. The molecular weight excluding hydrogens is 222 g/mol. The fraction of sp³-hybridized carbons (Fsp3) is 0.333. The van der Waals surface area contributed by atoms with Crippen molar-refractivity contribution in [1.82, 2.24) is 9.97 Å². The number of aromatic nitrogens is 2. The summed E-state index contributed by atoms with van der Waals surface area (Å²) in [6.45, 7) is 4.13. The van der Waals surface area contributed by atoms with Crippen LogP contribution in [0.5, 0.6) is 0 Å². The van der Waals surface area contributed by atoms with E-state index in [1.165, 1.54) is 0 Å². The Morgan fingerprint density at radius 1 is 0.944 bits per heavy atom. The lowest BCUT2D eigenvalue weighted by Crippen LogP contribution is -2.37. The molecule has 0 atom stereocenters. The molecule has 0 bridgehead atoms. The summed E-state index contributed by atoms with van der Waals surface area (Å²) in [5.74, 6) is 0.729. The summed E-state index contributed by atoms with van der Waals surface area (Å²) in [6.07, 6.45) is 5.39. The van der Waals surface area contributed by atoms with Crippen molar-refractivity contribution >= 4 is 0 Å². The summed E-state index contributed by atoms with van der Waals surface area (Å²) >= 11 is 0. The molecule has 0 amide bonds. The lowest BCUT2D eigenvalue weighted by atomic mass is 9.93. The Hall–Kier alpha value is -1.74. The summed E-state index contributed by atoms with van der Waals surface area (Å²) in [7, 11) is 0. The lowest BCUT2D eigenvalue weighted by Gasteiger charge is -2.24. The predicted octanol–water partition coefficient (Wildman–Crippen LogP) is 3.12. The van der Waals surface area contributed by atoms with Crippen molar-refractivity contribution in [1.29, 1.82) is 0 Å². The fourth-order valence-electron chi connectivity index (χ4n) is 1.93. The Bertz CT molecular complexity index is 487. The van der Waals surface area contributed by atoms with Gasteiger partial charge in [0, 0.05) is 18.0 Å². The highest BCUT2D eigenvalue weighted by molar-refractivity contribution is 5.61. The number of nitrogens with zero attached hydrogens (tertiary/aromatic N) is 2. The van der Waals surface area contributed by atoms with E-state index in [2.05, 4.69) is 23.8 Å². The zero-order valence-electron chi connectivity index (χ0n) is 10.9. The standard InChI is InChI=1S/C15H19N3/c1-3-15(16,4-2)14-17-10-13(11-18-14)12-8-6-5-7-9-12/h5-11H,3-4,16H2,1-2H3. The molecular formula is C15H19N3. The van der Waals surface area contributed by atoms with Crippen LogP contribution in [0, 0.1) is 0 Å². The van der Waals surface area contributed by atoms with E-state index in [1.54, 1.807) is 0 Å². The SMILES string of the molecule is CCC(N)(CC)c1ncc(-c2ccccc2)cn1. The number of hydrogen-bond acceptors (Lipinski definition) is 3. The molecule has 0 saturated heterocycles. The average molecular weight is 241 g/mol. The van der Waals surface area contributed by atoms with Gasteiger partial charge in [0.15, 0.2) is 0 Å². The highest BCUT2D eigenvalue weighted by Crippen LogP contribution is 2.23. The maximum absolute atomic E-state index is 6.28. The Labute approximate surface area is 108 Å². The third-order valence-corrected chi connectivity index (χ3v) is 3.47. The second-order valence-electron chi connectivity index (χ2n) is 4.52. The number of hydrogen-bond donors (Lipinski definition) is 1. The van der Waals surface area contributed by atoms with E-state index in [0.29, 0.717) is 0 Å². The van der Waals surface area contributed by atoms with E-state index in [4.69, 9.17) is 5.73 Å². The molecule has 0 aliphatic heterocycles. The third kappa shape index (κ3) is 2.41. The van der Waals surface area contributed by atoms with Crippen LogP contribution in [0.4, 0.5) is 0 Å². The summed E-state index contributed by atoms with van der Waals surface area (Å²) in [4.78, 5) is 8.87. The molecule has 2 aromatic rings. The molecule has 0 spiro atoms. The molecule has 0 aliphatic rings. The van der Waals surface area contributed by atoms with Gasteiger partial charge < -0.3 is 5.73 Å². The molecule has 1 aromatic heterocycles. The van der Waals surface area contributed by atoms with Crippen molar-refractivity contribution in [3.05, 3.63) is 48.5 Å². The highest BCUT2D eigenvalue weighted by Gasteiger charge is 2.25. The minimum atomic E-state index is -0.408. The molecule has 2 rings (SSSR count). The molecule has 3 heteroatoms. The van der Waals surface area contributed by atoms with E-state index in [-0.39, 0.29) is 0 Å².